The van der Waals surface area contributed by atoms with Gasteiger partial charge in [-0.05, 0) is 30.9 Å². The standard InChI is InChI=1S/C25H26N4O4/c1-25(24(33)26-16-19-11-6-3-7-12-19)17-29-21(15-20(27-29)23(31)32)22(30)28(25)14-8-13-18-9-4-2-5-10-18/h2-7,9-12,15H,8,13-14,16-17H2,1H3,(H,26,33)(H,31,32). The molecule has 4 rings (SSSR count). The molecule has 8 heteroatoms. The van der Waals surface area contributed by atoms with Crippen LogP contribution < -0.4 is 5.32 Å². The fourth-order valence-corrected chi connectivity index (χ4v) is 4.15. The van der Waals surface area contributed by atoms with Crippen LogP contribution in [0, 0.1) is 0 Å². The maximum Gasteiger partial charge on any atom is 0.356 e. The van der Waals surface area contributed by atoms with Crippen molar-refractivity contribution >= 4 is 17.8 Å². The van der Waals surface area contributed by atoms with Crippen molar-refractivity contribution in [1.29, 1.82) is 0 Å². The van der Waals surface area contributed by atoms with E-state index >= 15 is 0 Å². The monoisotopic (exact) mass is 446 g/mol. The Hall–Kier alpha value is -3.94. The number of aryl methyl sites for hydroxylation is 1. The summed E-state index contributed by atoms with van der Waals surface area (Å²) in [5.74, 6) is -1.92. The lowest BCUT2D eigenvalue weighted by molar-refractivity contribution is -0.133. The molecule has 1 aliphatic heterocycles. The Labute approximate surface area is 191 Å². The fraction of sp³-hybridized carbons (Fsp3) is 0.280. The minimum Gasteiger partial charge on any atom is -0.476 e. The Morgan fingerprint density at radius 3 is 2.33 bits per heavy atom. The van der Waals surface area contributed by atoms with Gasteiger partial charge in [-0.25, -0.2) is 4.79 Å². The molecular weight excluding hydrogens is 420 g/mol. The summed E-state index contributed by atoms with van der Waals surface area (Å²) in [6, 6.07) is 20.7. The molecule has 1 atom stereocenters. The van der Waals surface area contributed by atoms with E-state index in [0.29, 0.717) is 19.5 Å². The summed E-state index contributed by atoms with van der Waals surface area (Å²) in [5.41, 5.74) is 0.852. The van der Waals surface area contributed by atoms with Crippen molar-refractivity contribution in [3.05, 3.63) is 89.2 Å². The number of hydrogen-bond acceptors (Lipinski definition) is 4. The van der Waals surface area contributed by atoms with Crippen LogP contribution in [0.3, 0.4) is 0 Å². The quantitative estimate of drug-likeness (QED) is 0.554. The third-order valence-electron chi connectivity index (χ3n) is 5.99. The van der Waals surface area contributed by atoms with Crippen LogP contribution in [-0.2, 0) is 24.3 Å². The van der Waals surface area contributed by atoms with Crippen LogP contribution in [0.5, 0.6) is 0 Å². The average Bonchev–Trinajstić information content (AvgIpc) is 3.25. The van der Waals surface area contributed by atoms with E-state index in [0.717, 1.165) is 17.5 Å². The van der Waals surface area contributed by atoms with Gasteiger partial charge in [0.05, 0.1) is 6.54 Å². The summed E-state index contributed by atoms with van der Waals surface area (Å²) >= 11 is 0. The van der Waals surface area contributed by atoms with Gasteiger partial charge in [0.15, 0.2) is 5.69 Å². The number of carboxylic acids is 1. The molecule has 33 heavy (non-hydrogen) atoms. The molecule has 170 valence electrons. The zero-order valence-electron chi connectivity index (χ0n) is 18.4. The van der Waals surface area contributed by atoms with Crippen molar-refractivity contribution in [1.82, 2.24) is 20.0 Å². The van der Waals surface area contributed by atoms with Crippen molar-refractivity contribution in [2.24, 2.45) is 0 Å². The van der Waals surface area contributed by atoms with Gasteiger partial charge < -0.3 is 15.3 Å². The van der Waals surface area contributed by atoms with Gasteiger partial charge >= 0.3 is 5.97 Å². The van der Waals surface area contributed by atoms with Crippen molar-refractivity contribution in [2.45, 2.75) is 38.4 Å². The summed E-state index contributed by atoms with van der Waals surface area (Å²) < 4.78 is 1.33. The molecule has 0 spiro atoms. The molecule has 0 aliphatic carbocycles. The van der Waals surface area contributed by atoms with Crippen molar-refractivity contribution < 1.29 is 19.5 Å². The molecule has 2 aromatic carbocycles. The van der Waals surface area contributed by atoms with Gasteiger partial charge in [0.1, 0.15) is 11.2 Å². The van der Waals surface area contributed by atoms with Crippen LogP contribution in [0.1, 0.15) is 45.4 Å². The van der Waals surface area contributed by atoms with Gasteiger partial charge in [0, 0.05) is 19.2 Å². The second-order valence-electron chi connectivity index (χ2n) is 8.37. The molecule has 3 aromatic rings. The van der Waals surface area contributed by atoms with Gasteiger partial charge in [-0.3, -0.25) is 14.3 Å². The zero-order valence-corrected chi connectivity index (χ0v) is 18.4. The molecule has 0 fully saturated rings. The number of nitrogens with one attached hydrogen (secondary N) is 1. The Morgan fingerprint density at radius 1 is 1.06 bits per heavy atom. The van der Waals surface area contributed by atoms with Crippen LogP contribution >= 0.6 is 0 Å². The number of aromatic nitrogens is 2. The number of nitrogens with zero attached hydrogens (tertiary/aromatic N) is 3. The third-order valence-corrected chi connectivity index (χ3v) is 5.99. The Morgan fingerprint density at radius 2 is 1.70 bits per heavy atom. The van der Waals surface area contributed by atoms with E-state index in [4.69, 9.17) is 0 Å². The predicted octanol–water partition coefficient (Wildman–Crippen LogP) is 2.75. The topological polar surface area (TPSA) is 105 Å². The summed E-state index contributed by atoms with van der Waals surface area (Å²) in [5, 5.41) is 16.3. The molecule has 0 saturated heterocycles. The smallest absolute Gasteiger partial charge is 0.356 e. The second kappa shape index (κ2) is 9.28. The number of carbonyl (C=O) groups is 3. The lowest BCUT2D eigenvalue weighted by Gasteiger charge is -2.43. The second-order valence-corrected chi connectivity index (χ2v) is 8.37. The maximum absolute atomic E-state index is 13.4. The van der Waals surface area contributed by atoms with E-state index < -0.39 is 17.4 Å². The third kappa shape index (κ3) is 4.64. The molecule has 1 unspecified atom stereocenters. The molecule has 1 aromatic heterocycles. The van der Waals surface area contributed by atoms with Crippen molar-refractivity contribution in [2.75, 3.05) is 6.54 Å². The fourth-order valence-electron chi connectivity index (χ4n) is 4.15. The minimum absolute atomic E-state index is 0.0767. The summed E-state index contributed by atoms with van der Waals surface area (Å²) in [7, 11) is 0. The van der Waals surface area contributed by atoms with Gasteiger partial charge in [-0.15, -0.1) is 0 Å². The molecular formula is C25H26N4O4. The summed E-state index contributed by atoms with van der Waals surface area (Å²) in [4.78, 5) is 39.7. The molecule has 1 aliphatic rings. The Balaban J connectivity index is 1.57. The normalized spacial score (nSPS) is 17.5. The first-order valence-corrected chi connectivity index (χ1v) is 10.9. The van der Waals surface area contributed by atoms with Gasteiger partial charge in [-0.2, -0.15) is 5.10 Å². The van der Waals surface area contributed by atoms with E-state index in [1.54, 1.807) is 11.8 Å². The summed E-state index contributed by atoms with van der Waals surface area (Å²) in [6.45, 7) is 2.47. The number of amides is 2. The lowest BCUT2D eigenvalue weighted by atomic mass is 9.94. The van der Waals surface area contributed by atoms with Crippen LogP contribution in [0.25, 0.3) is 0 Å². The molecule has 2 N–H and O–H groups in total. The number of aromatic carboxylic acids is 1. The molecule has 2 heterocycles. The maximum atomic E-state index is 13.4. The number of carboxylic acid groups (broad SMARTS) is 1. The van der Waals surface area contributed by atoms with Gasteiger partial charge in [0.2, 0.25) is 5.91 Å². The van der Waals surface area contributed by atoms with Gasteiger partial charge in [0.25, 0.3) is 5.91 Å². The first-order chi connectivity index (χ1) is 15.9. The number of fused-ring (bicyclic) bond motifs is 1. The van der Waals surface area contributed by atoms with Crippen LogP contribution in [0.4, 0.5) is 0 Å². The van der Waals surface area contributed by atoms with Gasteiger partial charge in [-0.1, -0.05) is 60.7 Å². The van der Waals surface area contributed by atoms with Crippen molar-refractivity contribution in [3.8, 4) is 0 Å². The number of benzene rings is 2. The van der Waals surface area contributed by atoms with E-state index in [1.165, 1.54) is 10.7 Å². The highest BCUT2D eigenvalue weighted by Gasteiger charge is 2.47. The predicted molar refractivity (Wildman–Crippen MR) is 122 cm³/mol. The molecule has 8 nitrogen and oxygen atoms in total. The Bertz CT molecular complexity index is 1160. The minimum atomic E-state index is -1.21. The number of carbonyl (C=O) groups excluding carboxylic acids is 2. The van der Waals surface area contributed by atoms with E-state index in [1.807, 2.05) is 60.7 Å². The van der Waals surface area contributed by atoms with Crippen LogP contribution in [-0.4, -0.2) is 49.7 Å². The first-order valence-electron chi connectivity index (χ1n) is 10.9. The SMILES string of the molecule is CC1(C(=O)NCc2ccccc2)Cn2nc(C(=O)O)cc2C(=O)N1CCCc1ccccc1. The van der Waals surface area contributed by atoms with E-state index in [-0.39, 0.29) is 23.8 Å². The first kappa shape index (κ1) is 22.3. The van der Waals surface area contributed by atoms with E-state index in [2.05, 4.69) is 10.4 Å². The average molecular weight is 447 g/mol. The van der Waals surface area contributed by atoms with Crippen LogP contribution in [0.2, 0.25) is 0 Å². The molecule has 0 bridgehead atoms. The van der Waals surface area contributed by atoms with E-state index in [9.17, 15) is 19.5 Å². The Kier molecular flexibility index (Phi) is 6.26. The highest BCUT2D eigenvalue weighted by atomic mass is 16.4. The highest BCUT2D eigenvalue weighted by molar-refractivity contribution is 6.01. The lowest BCUT2D eigenvalue weighted by Crippen LogP contribution is -2.64. The number of hydrogen-bond donors (Lipinski definition) is 2. The highest BCUT2D eigenvalue weighted by Crippen LogP contribution is 2.28. The largest absolute Gasteiger partial charge is 0.476 e. The number of rotatable bonds is 8. The van der Waals surface area contributed by atoms with Crippen molar-refractivity contribution in [3.63, 3.8) is 0 Å². The molecule has 0 radical (unpaired) electrons. The zero-order chi connectivity index (χ0) is 23.4. The molecule has 2 amide bonds. The molecule has 0 saturated carbocycles. The van der Waals surface area contributed by atoms with Crippen LogP contribution in [0.15, 0.2) is 66.7 Å². The summed E-state index contributed by atoms with van der Waals surface area (Å²) in [6.07, 6.45) is 1.42.